The zero-order chi connectivity index (χ0) is 13.9. The van der Waals surface area contributed by atoms with Gasteiger partial charge in [0.15, 0.2) is 0 Å². The van der Waals surface area contributed by atoms with Gasteiger partial charge in [0.25, 0.3) is 0 Å². The first-order valence-corrected chi connectivity index (χ1v) is 6.75. The van der Waals surface area contributed by atoms with Crippen molar-refractivity contribution in [1.29, 1.82) is 0 Å². The molecule has 0 amide bonds. The summed E-state index contributed by atoms with van der Waals surface area (Å²) in [5, 5.41) is 4.38. The SMILES string of the molecule is CNC(C)c1cncc(-c2cnc3ccccc3c2)c1. The second-order valence-corrected chi connectivity index (χ2v) is 4.93. The lowest BCUT2D eigenvalue weighted by Gasteiger charge is -2.11. The second kappa shape index (κ2) is 5.39. The third-order valence-electron chi connectivity index (χ3n) is 3.62. The van der Waals surface area contributed by atoms with Crippen molar-refractivity contribution in [3.63, 3.8) is 0 Å². The molecule has 1 N–H and O–H groups in total. The second-order valence-electron chi connectivity index (χ2n) is 4.93. The van der Waals surface area contributed by atoms with Crippen LogP contribution in [0.25, 0.3) is 22.0 Å². The van der Waals surface area contributed by atoms with Gasteiger partial charge in [-0.25, -0.2) is 0 Å². The van der Waals surface area contributed by atoms with Crippen LogP contribution >= 0.6 is 0 Å². The van der Waals surface area contributed by atoms with Gasteiger partial charge in [-0.1, -0.05) is 18.2 Å². The maximum absolute atomic E-state index is 4.51. The number of rotatable bonds is 3. The molecule has 0 saturated carbocycles. The molecule has 3 aromatic rings. The normalized spacial score (nSPS) is 12.5. The lowest BCUT2D eigenvalue weighted by molar-refractivity contribution is 0.650. The number of aromatic nitrogens is 2. The molecular formula is C17H17N3. The fourth-order valence-electron chi connectivity index (χ4n) is 2.25. The average Bonchev–Trinajstić information content (AvgIpc) is 2.53. The molecule has 20 heavy (non-hydrogen) atoms. The molecule has 1 atom stereocenters. The molecule has 3 rings (SSSR count). The topological polar surface area (TPSA) is 37.8 Å². The van der Waals surface area contributed by atoms with E-state index >= 15 is 0 Å². The summed E-state index contributed by atoms with van der Waals surface area (Å²) in [6.45, 7) is 2.12. The first kappa shape index (κ1) is 12.8. The Hall–Kier alpha value is -2.26. The Labute approximate surface area is 118 Å². The van der Waals surface area contributed by atoms with Gasteiger partial charge in [0.2, 0.25) is 0 Å². The number of para-hydroxylation sites is 1. The van der Waals surface area contributed by atoms with E-state index in [4.69, 9.17) is 0 Å². The van der Waals surface area contributed by atoms with Crippen molar-refractivity contribution in [1.82, 2.24) is 15.3 Å². The lowest BCUT2D eigenvalue weighted by atomic mass is 10.0. The predicted molar refractivity (Wildman–Crippen MR) is 82.4 cm³/mol. The van der Waals surface area contributed by atoms with E-state index in [-0.39, 0.29) is 6.04 Å². The highest BCUT2D eigenvalue weighted by Gasteiger charge is 2.06. The number of nitrogens with zero attached hydrogens (tertiary/aromatic N) is 2. The van der Waals surface area contributed by atoms with Crippen LogP contribution < -0.4 is 5.32 Å². The van der Waals surface area contributed by atoms with Crippen molar-refractivity contribution < 1.29 is 0 Å². The molecule has 0 radical (unpaired) electrons. The minimum atomic E-state index is 0.288. The van der Waals surface area contributed by atoms with Crippen LogP contribution in [0.2, 0.25) is 0 Å². The van der Waals surface area contributed by atoms with Crippen LogP contribution in [0.5, 0.6) is 0 Å². The lowest BCUT2D eigenvalue weighted by Crippen LogP contribution is -2.12. The Bertz CT molecular complexity index is 737. The summed E-state index contributed by atoms with van der Waals surface area (Å²) in [7, 11) is 1.95. The Morgan fingerprint density at radius 3 is 2.65 bits per heavy atom. The van der Waals surface area contributed by atoms with Gasteiger partial charge in [0.05, 0.1) is 5.52 Å². The van der Waals surface area contributed by atoms with Crippen LogP contribution in [0, 0.1) is 0 Å². The maximum Gasteiger partial charge on any atom is 0.0702 e. The molecule has 100 valence electrons. The minimum Gasteiger partial charge on any atom is -0.313 e. The van der Waals surface area contributed by atoms with E-state index in [0.717, 1.165) is 22.0 Å². The van der Waals surface area contributed by atoms with E-state index in [1.807, 2.05) is 43.8 Å². The van der Waals surface area contributed by atoms with E-state index < -0.39 is 0 Å². The van der Waals surface area contributed by atoms with Gasteiger partial charge in [0.1, 0.15) is 0 Å². The van der Waals surface area contributed by atoms with Crippen LogP contribution in [0.4, 0.5) is 0 Å². The molecule has 0 aliphatic rings. The smallest absolute Gasteiger partial charge is 0.0702 e. The van der Waals surface area contributed by atoms with Crippen LogP contribution in [-0.2, 0) is 0 Å². The standard InChI is InChI=1S/C17H17N3/c1-12(18-2)14-8-15(10-19-9-14)16-7-13-5-3-4-6-17(13)20-11-16/h3-12,18H,1-2H3. The number of pyridine rings is 2. The largest absolute Gasteiger partial charge is 0.313 e. The van der Waals surface area contributed by atoms with Gasteiger partial charge in [-0.2, -0.15) is 0 Å². The van der Waals surface area contributed by atoms with Gasteiger partial charge in [-0.15, -0.1) is 0 Å². The van der Waals surface area contributed by atoms with E-state index in [9.17, 15) is 0 Å². The van der Waals surface area contributed by atoms with Crippen molar-refractivity contribution in [2.45, 2.75) is 13.0 Å². The van der Waals surface area contributed by atoms with Crippen LogP contribution in [0.15, 0.2) is 55.0 Å². The third-order valence-corrected chi connectivity index (χ3v) is 3.62. The van der Waals surface area contributed by atoms with E-state index in [0.29, 0.717) is 0 Å². The molecule has 3 heteroatoms. The molecular weight excluding hydrogens is 246 g/mol. The zero-order valence-corrected chi connectivity index (χ0v) is 11.7. The highest BCUT2D eigenvalue weighted by Crippen LogP contribution is 2.24. The first-order valence-electron chi connectivity index (χ1n) is 6.75. The zero-order valence-electron chi connectivity index (χ0n) is 11.7. The predicted octanol–water partition coefficient (Wildman–Crippen LogP) is 3.58. The Morgan fingerprint density at radius 1 is 1.00 bits per heavy atom. The van der Waals surface area contributed by atoms with Crippen LogP contribution in [-0.4, -0.2) is 17.0 Å². The molecule has 2 aromatic heterocycles. The third kappa shape index (κ3) is 2.40. The van der Waals surface area contributed by atoms with Gasteiger partial charge < -0.3 is 5.32 Å². The summed E-state index contributed by atoms with van der Waals surface area (Å²) in [5.41, 5.74) is 4.39. The Kier molecular flexibility index (Phi) is 3.44. The number of nitrogens with one attached hydrogen (secondary N) is 1. The molecule has 0 aliphatic carbocycles. The number of benzene rings is 1. The van der Waals surface area contributed by atoms with Crippen molar-refractivity contribution in [2.24, 2.45) is 0 Å². The molecule has 1 aromatic carbocycles. The molecule has 0 fully saturated rings. The summed E-state index contributed by atoms with van der Waals surface area (Å²) < 4.78 is 0. The first-order chi connectivity index (χ1) is 9.78. The van der Waals surface area contributed by atoms with Crippen LogP contribution in [0.1, 0.15) is 18.5 Å². The van der Waals surface area contributed by atoms with Crippen molar-refractivity contribution in [3.05, 3.63) is 60.6 Å². The maximum atomic E-state index is 4.51. The number of fused-ring (bicyclic) bond motifs is 1. The van der Waals surface area contributed by atoms with E-state index in [2.05, 4.69) is 40.4 Å². The van der Waals surface area contributed by atoms with E-state index in [1.165, 1.54) is 5.56 Å². The quantitative estimate of drug-likeness (QED) is 0.785. The van der Waals surface area contributed by atoms with Gasteiger partial charge in [-0.05, 0) is 37.7 Å². The highest BCUT2D eigenvalue weighted by atomic mass is 14.9. The number of hydrogen-bond acceptors (Lipinski definition) is 3. The highest BCUT2D eigenvalue weighted by molar-refractivity contribution is 5.83. The summed E-state index contributed by atoms with van der Waals surface area (Å²) in [5.74, 6) is 0. The average molecular weight is 263 g/mol. The molecule has 0 aliphatic heterocycles. The van der Waals surface area contributed by atoms with Gasteiger partial charge in [-0.3, -0.25) is 9.97 Å². The Morgan fingerprint density at radius 2 is 1.80 bits per heavy atom. The molecule has 2 heterocycles. The fourth-order valence-corrected chi connectivity index (χ4v) is 2.25. The van der Waals surface area contributed by atoms with Crippen LogP contribution in [0.3, 0.4) is 0 Å². The summed E-state index contributed by atoms with van der Waals surface area (Å²) in [6.07, 6.45) is 5.70. The van der Waals surface area contributed by atoms with Crippen molar-refractivity contribution in [3.8, 4) is 11.1 Å². The summed E-state index contributed by atoms with van der Waals surface area (Å²) >= 11 is 0. The van der Waals surface area contributed by atoms with Gasteiger partial charge in [0, 0.05) is 41.1 Å². The van der Waals surface area contributed by atoms with Gasteiger partial charge >= 0.3 is 0 Å². The number of hydrogen-bond donors (Lipinski definition) is 1. The molecule has 0 saturated heterocycles. The molecule has 1 unspecified atom stereocenters. The molecule has 0 bridgehead atoms. The molecule has 0 spiro atoms. The van der Waals surface area contributed by atoms with Crippen molar-refractivity contribution >= 4 is 10.9 Å². The molecule has 3 nitrogen and oxygen atoms in total. The van der Waals surface area contributed by atoms with Crippen molar-refractivity contribution in [2.75, 3.05) is 7.05 Å². The summed E-state index contributed by atoms with van der Waals surface area (Å²) in [4.78, 5) is 8.85. The minimum absolute atomic E-state index is 0.288. The fraction of sp³-hybridized carbons (Fsp3) is 0.176. The van der Waals surface area contributed by atoms with E-state index in [1.54, 1.807) is 0 Å². The monoisotopic (exact) mass is 263 g/mol. The Balaban J connectivity index is 2.06. The summed E-state index contributed by atoms with van der Waals surface area (Å²) in [6, 6.07) is 12.8.